The van der Waals surface area contributed by atoms with Crippen LogP contribution >= 0.6 is 0 Å². The number of fused-ring (bicyclic) bond motifs is 1. The van der Waals surface area contributed by atoms with Crippen molar-refractivity contribution in [1.82, 2.24) is 25.1 Å². The number of nitrogens with zero attached hydrogens (tertiary/aromatic N) is 4. The van der Waals surface area contributed by atoms with Gasteiger partial charge in [0.05, 0.1) is 18.1 Å². The maximum absolute atomic E-state index is 12.2. The Morgan fingerprint density at radius 3 is 2.81 bits per heavy atom. The van der Waals surface area contributed by atoms with Crippen molar-refractivity contribution in [2.75, 3.05) is 18.4 Å². The molecule has 3 rings (SSSR count). The van der Waals surface area contributed by atoms with Crippen LogP contribution < -0.4 is 15.4 Å². The van der Waals surface area contributed by atoms with E-state index < -0.39 is 6.10 Å². The highest BCUT2D eigenvalue weighted by Gasteiger charge is 2.14. The molecular weight excluding hydrogens is 344 g/mol. The number of aromatic nitrogens is 4. The molecule has 0 fully saturated rings. The van der Waals surface area contributed by atoms with Gasteiger partial charge in [-0.1, -0.05) is 25.1 Å². The molecule has 0 saturated heterocycles. The molecule has 8 heteroatoms. The molecule has 3 aromatic rings. The summed E-state index contributed by atoms with van der Waals surface area (Å²) in [5.74, 6) is 1.28. The van der Waals surface area contributed by atoms with Gasteiger partial charge in [-0.15, -0.1) is 0 Å². The Morgan fingerprint density at radius 2 is 2.04 bits per heavy atom. The van der Waals surface area contributed by atoms with Gasteiger partial charge < -0.3 is 15.4 Å². The first-order valence-corrected chi connectivity index (χ1v) is 9.09. The second-order valence-electron chi connectivity index (χ2n) is 6.12. The lowest BCUT2D eigenvalue weighted by molar-refractivity contribution is -0.127. The van der Waals surface area contributed by atoms with Gasteiger partial charge in [0.25, 0.3) is 5.91 Å². The van der Waals surface area contributed by atoms with E-state index in [2.05, 4.69) is 32.6 Å². The number of ether oxygens (including phenoxy) is 1. The Kier molecular flexibility index (Phi) is 6.19. The zero-order chi connectivity index (χ0) is 19.1. The lowest BCUT2D eigenvalue weighted by Gasteiger charge is -2.14. The molecule has 2 heterocycles. The van der Waals surface area contributed by atoms with E-state index in [4.69, 9.17) is 4.74 Å². The molecule has 2 aromatic heterocycles. The summed E-state index contributed by atoms with van der Waals surface area (Å²) in [5.41, 5.74) is 0.742. The van der Waals surface area contributed by atoms with E-state index in [9.17, 15) is 4.79 Å². The smallest absolute Gasteiger partial charge is 0.260 e. The number of amides is 1. The first-order chi connectivity index (χ1) is 13.2. The molecule has 0 saturated carbocycles. The van der Waals surface area contributed by atoms with Crippen molar-refractivity contribution in [3.8, 4) is 5.75 Å². The summed E-state index contributed by atoms with van der Waals surface area (Å²) in [6.07, 6.45) is 3.70. The third-order valence-electron chi connectivity index (χ3n) is 4.02. The molecule has 1 amide bonds. The van der Waals surface area contributed by atoms with Crippen molar-refractivity contribution in [1.29, 1.82) is 0 Å². The van der Waals surface area contributed by atoms with E-state index in [1.54, 1.807) is 17.8 Å². The lowest BCUT2D eigenvalue weighted by atomic mass is 10.3. The monoisotopic (exact) mass is 368 g/mol. The largest absolute Gasteiger partial charge is 0.481 e. The van der Waals surface area contributed by atoms with Crippen LogP contribution in [0, 0.1) is 0 Å². The molecule has 1 aromatic carbocycles. The molecule has 0 spiro atoms. The maximum Gasteiger partial charge on any atom is 0.260 e. The van der Waals surface area contributed by atoms with Crippen molar-refractivity contribution < 1.29 is 9.53 Å². The molecular formula is C19H24N6O2. The highest BCUT2D eigenvalue weighted by atomic mass is 16.5. The summed E-state index contributed by atoms with van der Waals surface area (Å²) in [5, 5.41) is 11.4. The number of carbonyl (C=O) groups excluding carboxylic acids is 1. The van der Waals surface area contributed by atoms with E-state index in [1.807, 2.05) is 30.3 Å². The van der Waals surface area contributed by atoms with E-state index in [-0.39, 0.29) is 5.91 Å². The Balaban J connectivity index is 1.55. The van der Waals surface area contributed by atoms with Gasteiger partial charge in [-0.05, 0) is 25.5 Å². The van der Waals surface area contributed by atoms with Crippen molar-refractivity contribution in [2.45, 2.75) is 32.9 Å². The molecule has 142 valence electrons. The highest BCUT2D eigenvalue weighted by Crippen LogP contribution is 2.18. The Morgan fingerprint density at radius 1 is 1.22 bits per heavy atom. The number of hydrogen-bond acceptors (Lipinski definition) is 6. The standard InChI is InChI=1S/C19H24N6O2/c1-3-9-20-17-16-12-24-25(18(16)23-13-22-17)11-10-21-19(26)14(2)27-15-7-5-4-6-8-15/h4-8,12-14H,3,9-11H2,1-2H3,(H,21,26)(H,20,22,23). The van der Waals surface area contributed by atoms with E-state index in [1.165, 1.54) is 6.33 Å². The van der Waals surface area contributed by atoms with Gasteiger partial charge in [-0.25, -0.2) is 14.6 Å². The van der Waals surface area contributed by atoms with E-state index in [0.717, 1.165) is 29.8 Å². The fourth-order valence-corrected chi connectivity index (χ4v) is 2.63. The van der Waals surface area contributed by atoms with Crippen LogP contribution in [0.5, 0.6) is 5.75 Å². The lowest BCUT2D eigenvalue weighted by Crippen LogP contribution is -2.38. The zero-order valence-electron chi connectivity index (χ0n) is 15.6. The fourth-order valence-electron chi connectivity index (χ4n) is 2.63. The molecule has 1 unspecified atom stereocenters. The second kappa shape index (κ2) is 8.98. The van der Waals surface area contributed by atoms with Crippen LogP contribution in [-0.2, 0) is 11.3 Å². The predicted molar refractivity (Wildman–Crippen MR) is 104 cm³/mol. The minimum atomic E-state index is -0.575. The number of benzene rings is 1. The quantitative estimate of drug-likeness (QED) is 0.602. The van der Waals surface area contributed by atoms with Crippen LogP contribution in [0.15, 0.2) is 42.9 Å². The van der Waals surface area contributed by atoms with Crippen LogP contribution in [0.4, 0.5) is 5.82 Å². The van der Waals surface area contributed by atoms with Crippen LogP contribution in [0.2, 0.25) is 0 Å². The van der Waals surface area contributed by atoms with Gasteiger partial charge in [0.1, 0.15) is 17.9 Å². The minimum absolute atomic E-state index is 0.171. The maximum atomic E-state index is 12.2. The average Bonchev–Trinajstić information content (AvgIpc) is 3.11. The SMILES string of the molecule is CCCNc1ncnc2c1cnn2CCNC(=O)C(C)Oc1ccccc1. The Labute approximate surface area is 158 Å². The summed E-state index contributed by atoms with van der Waals surface area (Å²) in [7, 11) is 0. The molecule has 2 N–H and O–H groups in total. The van der Waals surface area contributed by atoms with Crippen LogP contribution in [0.1, 0.15) is 20.3 Å². The first-order valence-electron chi connectivity index (χ1n) is 9.09. The van der Waals surface area contributed by atoms with Gasteiger partial charge in [0.2, 0.25) is 0 Å². The number of carbonyl (C=O) groups is 1. The highest BCUT2D eigenvalue weighted by molar-refractivity contribution is 5.86. The number of nitrogens with one attached hydrogen (secondary N) is 2. The summed E-state index contributed by atoms with van der Waals surface area (Å²) < 4.78 is 7.39. The third kappa shape index (κ3) is 4.72. The van der Waals surface area contributed by atoms with Crippen LogP contribution in [0.3, 0.4) is 0 Å². The van der Waals surface area contributed by atoms with E-state index >= 15 is 0 Å². The minimum Gasteiger partial charge on any atom is -0.481 e. The normalized spacial score (nSPS) is 11.9. The topological polar surface area (TPSA) is 94.0 Å². The summed E-state index contributed by atoms with van der Waals surface area (Å²) in [6.45, 7) is 5.61. The predicted octanol–water partition coefficient (Wildman–Crippen LogP) is 2.23. The van der Waals surface area contributed by atoms with Crippen LogP contribution in [-0.4, -0.2) is 44.8 Å². The van der Waals surface area contributed by atoms with Crippen molar-refractivity contribution in [3.63, 3.8) is 0 Å². The van der Waals surface area contributed by atoms with Gasteiger partial charge in [-0.3, -0.25) is 4.79 Å². The number of para-hydroxylation sites is 1. The number of hydrogen-bond donors (Lipinski definition) is 2. The average molecular weight is 368 g/mol. The molecule has 0 aliphatic carbocycles. The molecule has 0 bridgehead atoms. The molecule has 0 radical (unpaired) electrons. The Hall–Kier alpha value is -3.16. The molecule has 0 aliphatic heterocycles. The van der Waals surface area contributed by atoms with Gasteiger partial charge in [-0.2, -0.15) is 5.10 Å². The number of anilines is 1. The second-order valence-corrected chi connectivity index (χ2v) is 6.12. The van der Waals surface area contributed by atoms with Crippen LogP contribution in [0.25, 0.3) is 11.0 Å². The fraction of sp³-hybridized carbons (Fsp3) is 0.368. The molecule has 27 heavy (non-hydrogen) atoms. The van der Waals surface area contributed by atoms with Crippen molar-refractivity contribution in [2.24, 2.45) is 0 Å². The van der Waals surface area contributed by atoms with E-state index in [0.29, 0.717) is 18.8 Å². The molecule has 8 nitrogen and oxygen atoms in total. The zero-order valence-corrected chi connectivity index (χ0v) is 15.6. The molecule has 1 atom stereocenters. The summed E-state index contributed by atoms with van der Waals surface area (Å²) in [4.78, 5) is 20.8. The van der Waals surface area contributed by atoms with Gasteiger partial charge in [0.15, 0.2) is 11.8 Å². The summed E-state index contributed by atoms with van der Waals surface area (Å²) in [6, 6.07) is 9.29. The van der Waals surface area contributed by atoms with Gasteiger partial charge >= 0.3 is 0 Å². The molecule has 0 aliphatic rings. The Bertz CT molecular complexity index is 880. The van der Waals surface area contributed by atoms with Gasteiger partial charge in [0, 0.05) is 13.1 Å². The van der Waals surface area contributed by atoms with Crippen molar-refractivity contribution >= 4 is 22.8 Å². The number of rotatable bonds is 9. The summed E-state index contributed by atoms with van der Waals surface area (Å²) >= 11 is 0. The van der Waals surface area contributed by atoms with Crippen molar-refractivity contribution in [3.05, 3.63) is 42.9 Å². The third-order valence-corrected chi connectivity index (χ3v) is 4.02. The first kappa shape index (κ1) is 18.6.